The van der Waals surface area contributed by atoms with E-state index in [0.29, 0.717) is 0 Å². The summed E-state index contributed by atoms with van der Waals surface area (Å²) in [7, 11) is 0. The number of nitrogens with one attached hydrogen (secondary N) is 1. The van der Waals surface area contributed by atoms with Crippen LogP contribution in [0.25, 0.3) is 66.6 Å². The standard InChI is InChI=1S/C64H45N3O/c1-4-17-42(18-5-1)44-21-12-24-48(37-44)57-41-58(49-25-13-23-47(38-49)53-31-15-32-55-54-29-10-11-34-61(54)68-63(53)55)66-64(65-57)50-26-14-22-46(39-50)52-30-16-33-60-62(52)56-40-45(43-19-6-2-7-20-43)35-36-59(56)67(60)51-27-8-3-9-28-51/h1-39,41,56,64,66H,40H2. The molecule has 0 amide bonds. The first kappa shape index (κ1) is 39.6. The molecule has 0 fully saturated rings. The van der Waals surface area contributed by atoms with Crippen LogP contribution in [0.15, 0.2) is 258 Å². The molecule has 13 rings (SSSR count). The molecule has 0 bridgehead atoms. The first-order chi connectivity index (χ1) is 33.7. The van der Waals surface area contributed by atoms with Crippen molar-refractivity contribution < 1.29 is 4.42 Å². The van der Waals surface area contributed by atoms with Crippen molar-refractivity contribution in [3.63, 3.8) is 0 Å². The molecular weight excluding hydrogens is 827 g/mol. The summed E-state index contributed by atoms with van der Waals surface area (Å²) in [4.78, 5) is 8.00. The van der Waals surface area contributed by atoms with Crippen molar-refractivity contribution in [1.29, 1.82) is 0 Å². The second-order valence-electron chi connectivity index (χ2n) is 17.9. The van der Waals surface area contributed by atoms with Crippen LogP contribution in [-0.2, 0) is 0 Å². The summed E-state index contributed by atoms with van der Waals surface area (Å²) >= 11 is 0. The summed E-state index contributed by atoms with van der Waals surface area (Å²) in [5, 5.41) is 6.17. The summed E-state index contributed by atoms with van der Waals surface area (Å²) < 4.78 is 6.52. The molecule has 0 saturated carbocycles. The second kappa shape index (κ2) is 16.6. The van der Waals surface area contributed by atoms with Crippen LogP contribution in [0.4, 0.5) is 11.4 Å². The Bertz CT molecular complexity index is 3690. The number of nitrogens with zero attached hydrogens (tertiary/aromatic N) is 2. The van der Waals surface area contributed by atoms with Crippen LogP contribution in [0, 0.1) is 0 Å². The fourth-order valence-electron chi connectivity index (χ4n) is 10.6. The summed E-state index contributed by atoms with van der Waals surface area (Å²) in [5.41, 5.74) is 21.5. The Labute approximate surface area is 396 Å². The third kappa shape index (κ3) is 6.97. The molecule has 2 atom stereocenters. The lowest BCUT2D eigenvalue weighted by atomic mass is 9.82. The monoisotopic (exact) mass is 871 g/mol. The SMILES string of the molecule is C1=C(c2ccccc2)CC2C(=C1)N(c1ccccc1)c1cccc(-c3cccc(C4N=C(c5cccc(-c6ccccc6)c5)C=C(c5cccc(-c6cccc7c6oc6ccccc67)c5)N4)c3)c12. The molecule has 0 saturated heterocycles. The zero-order chi connectivity index (χ0) is 45.0. The van der Waals surface area contributed by atoms with Gasteiger partial charge in [0.15, 0.2) is 0 Å². The number of furan rings is 1. The summed E-state index contributed by atoms with van der Waals surface area (Å²) in [6, 6.07) is 80.3. The molecule has 1 aliphatic carbocycles. The van der Waals surface area contributed by atoms with E-state index < -0.39 is 0 Å². The first-order valence-corrected chi connectivity index (χ1v) is 23.5. The quantitative estimate of drug-likeness (QED) is 0.165. The Morgan fingerprint density at radius 1 is 0.485 bits per heavy atom. The lowest BCUT2D eigenvalue weighted by Crippen LogP contribution is -2.25. The van der Waals surface area contributed by atoms with Crippen molar-refractivity contribution in [2.24, 2.45) is 4.99 Å². The van der Waals surface area contributed by atoms with Crippen LogP contribution in [0.2, 0.25) is 0 Å². The molecule has 1 N–H and O–H groups in total. The van der Waals surface area contributed by atoms with Gasteiger partial charge in [-0.3, -0.25) is 4.99 Å². The number of anilines is 2. The number of hydrogen-bond donors (Lipinski definition) is 1. The Balaban J connectivity index is 0.915. The molecule has 322 valence electrons. The van der Waals surface area contributed by atoms with Gasteiger partial charge in [-0.2, -0.15) is 0 Å². The van der Waals surface area contributed by atoms with E-state index in [1.54, 1.807) is 0 Å². The minimum absolute atomic E-state index is 0.187. The largest absolute Gasteiger partial charge is 0.455 e. The van der Waals surface area contributed by atoms with Crippen molar-refractivity contribution in [1.82, 2.24) is 5.32 Å². The molecule has 0 spiro atoms. The zero-order valence-corrected chi connectivity index (χ0v) is 37.3. The van der Waals surface area contributed by atoms with Gasteiger partial charge in [-0.1, -0.05) is 188 Å². The van der Waals surface area contributed by atoms with Crippen LogP contribution in [0.3, 0.4) is 0 Å². The number of para-hydroxylation sites is 3. The molecule has 3 heterocycles. The predicted molar refractivity (Wildman–Crippen MR) is 282 cm³/mol. The number of benzene rings is 9. The predicted octanol–water partition coefficient (Wildman–Crippen LogP) is 16.3. The molecule has 1 aromatic heterocycles. The van der Waals surface area contributed by atoms with Gasteiger partial charge >= 0.3 is 0 Å². The van der Waals surface area contributed by atoms with E-state index in [1.807, 2.05) is 12.1 Å². The van der Waals surface area contributed by atoms with E-state index in [-0.39, 0.29) is 12.1 Å². The highest BCUT2D eigenvalue weighted by Crippen LogP contribution is 2.55. The van der Waals surface area contributed by atoms with Gasteiger partial charge in [0.1, 0.15) is 17.3 Å². The molecule has 2 aliphatic heterocycles. The maximum Gasteiger partial charge on any atom is 0.145 e. The smallest absolute Gasteiger partial charge is 0.145 e. The maximum atomic E-state index is 6.52. The van der Waals surface area contributed by atoms with Crippen molar-refractivity contribution in [3.8, 4) is 33.4 Å². The molecule has 4 heteroatoms. The Morgan fingerprint density at radius 2 is 1.10 bits per heavy atom. The molecule has 68 heavy (non-hydrogen) atoms. The van der Waals surface area contributed by atoms with Gasteiger partial charge in [0.05, 0.1) is 11.4 Å². The highest BCUT2D eigenvalue weighted by Gasteiger charge is 2.38. The number of aliphatic imine (C=N–C) groups is 1. The molecule has 3 aliphatic rings. The van der Waals surface area contributed by atoms with Crippen LogP contribution >= 0.6 is 0 Å². The van der Waals surface area contributed by atoms with E-state index in [1.165, 1.54) is 50.5 Å². The molecule has 10 aromatic rings. The van der Waals surface area contributed by atoms with Gasteiger partial charge < -0.3 is 14.6 Å². The average molecular weight is 872 g/mol. The lowest BCUT2D eigenvalue weighted by Gasteiger charge is -2.26. The third-order valence-corrected chi connectivity index (χ3v) is 13.8. The molecule has 0 radical (unpaired) electrons. The topological polar surface area (TPSA) is 40.8 Å². The lowest BCUT2D eigenvalue weighted by molar-refractivity contribution is 0.664. The fourth-order valence-corrected chi connectivity index (χ4v) is 10.6. The van der Waals surface area contributed by atoms with E-state index in [4.69, 9.17) is 9.41 Å². The maximum absolute atomic E-state index is 6.52. The van der Waals surface area contributed by atoms with Crippen LogP contribution < -0.4 is 10.2 Å². The molecule has 2 unspecified atom stereocenters. The minimum Gasteiger partial charge on any atom is -0.455 e. The van der Waals surface area contributed by atoms with E-state index >= 15 is 0 Å². The Kier molecular flexibility index (Phi) is 9.68. The van der Waals surface area contributed by atoms with Crippen LogP contribution in [0.1, 0.15) is 46.3 Å². The fraction of sp³-hybridized carbons (Fsp3) is 0.0469. The molecular formula is C64H45N3O. The highest BCUT2D eigenvalue weighted by molar-refractivity contribution is 6.14. The summed E-state index contributed by atoms with van der Waals surface area (Å²) in [5.74, 6) is 0.187. The summed E-state index contributed by atoms with van der Waals surface area (Å²) in [6.07, 6.45) is 7.44. The third-order valence-electron chi connectivity index (χ3n) is 13.8. The van der Waals surface area contributed by atoms with Crippen molar-refractivity contribution in [3.05, 3.63) is 276 Å². The van der Waals surface area contributed by atoms with Crippen LogP contribution in [-0.4, -0.2) is 5.71 Å². The van der Waals surface area contributed by atoms with E-state index in [2.05, 4.69) is 241 Å². The molecule has 4 nitrogen and oxygen atoms in total. The van der Waals surface area contributed by atoms with Gasteiger partial charge in [-0.05, 0) is 117 Å². The van der Waals surface area contributed by atoms with Crippen molar-refractivity contribution in [2.75, 3.05) is 4.90 Å². The van der Waals surface area contributed by atoms with Crippen molar-refractivity contribution in [2.45, 2.75) is 18.5 Å². The number of fused-ring (bicyclic) bond motifs is 6. The second-order valence-corrected chi connectivity index (χ2v) is 17.9. The molecule has 9 aromatic carbocycles. The van der Waals surface area contributed by atoms with Crippen molar-refractivity contribution >= 4 is 50.3 Å². The van der Waals surface area contributed by atoms with E-state index in [0.717, 1.165) is 73.1 Å². The van der Waals surface area contributed by atoms with Gasteiger partial charge in [0.2, 0.25) is 0 Å². The Hall–Kier alpha value is -8.73. The highest BCUT2D eigenvalue weighted by atomic mass is 16.3. The number of allylic oxidation sites excluding steroid dienone is 5. The van der Waals surface area contributed by atoms with Crippen LogP contribution in [0.5, 0.6) is 0 Å². The van der Waals surface area contributed by atoms with E-state index in [9.17, 15) is 0 Å². The number of hydrogen-bond acceptors (Lipinski definition) is 4. The van der Waals surface area contributed by atoms with Gasteiger partial charge in [-0.15, -0.1) is 0 Å². The minimum atomic E-state index is -0.358. The van der Waals surface area contributed by atoms with Gasteiger partial charge in [0.25, 0.3) is 0 Å². The van der Waals surface area contributed by atoms with Gasteiger partial charge in [0, 0.05) is 44.9 Å². The van der Waals surface area contributed by atoms with Gasteiger partial charge in [-0.25, -0.2) is 0 Å². The zero-order valence-electron chi connectivity index (χ0n) is 37.3. The number of rotatable bonds is 8. The first-order valence-electron chi connectivity index (χ1n) is 23.5. The average Bonchev–Trinajstić information content (AvgIpc) is 3.97. The Morgan fingerprint density at radius 3 is 1.94 bits per heavy atom. The summed E-state index contributed by atoms with van der Waals surface area (Å²) in [6.45, 7) is 0. The normalized spacial score (nSPS) is 16.3.